The third kappa shape index (κ3) is 2.65. The van der Waals surface area contributed by atoms with Gasteiger partial charge >= 0.3 is 5.69 Å². The fourth-order valence-corrected chi connectivity index (χ4v) is 1.87. The fraction of sp³-hybridized carbons (Fsp3) is 0.0833. The van der Waals surface area contributed by atoms with Crippen molar-refractivity contribution in [2.24, 2.45) is 0 Å². The maximum absolute atomic E-state index is 10.9. The predicted octanol–water partition coefficient (Wildman–Crippen LogP) is 3.56. The number of hydrogen-bond donors (Lipinski definition) is 1. The van der Waals surface area contributed by atoms with Crippen LogP contribution in [0, 0.1) is 17.0 Å². The van der Waals surface area contributed by atoms with Gasteiger partial charge in [-0.05, 0) is 35.0 Å². The van der Waals surface area contributed by atoms with Crippen molar-refractivity contribution in [1.29, 1.82) is 0 Å². The van der Waals surface area contributed by atoms with Gasteiger partial charge in [0.2, 0.25) is 5.75 Å². The van der Waals surface area contributed by atoms with Gasteiger partial charge in [-0.1, -0.05) is 6.07 Å². The molecule has 1 aromatic carbocycles. The Morgan fingerprint density at radius 1 is 1.42 bits per heavy atom. The van der Waals surface area contributed by atoms with E-state index in [-0.39, 0.29) is 17.2 Å². The van der Waals surface area contributed by atoms with E-state index in [0.29, 0.717) is 15.8 Å². The molecule has 7 heteroatoms. The summed E-state index contributed by atoms with van der Waals surface area (Å²) in [5, 5.41) is 20.5. The first-order chi connectivity index (χ1) is 9.00. The molecule has 0 aliphatic rings. The van der Waals surface area contributed by atoms with Gasteiger partial charge < -0.3 is 9.84 Å². The molecule has 98 valence electrons. The molecule has 0 aliphatic carbocycles. The van der Waals surface area contributed by atoms with Crippen molar-refractivity contribution in [2.75, 3.05) is 0 Å². The van der Waals surface area contributed by atoms with Gasteiger partial charge in [-0.25, -0.2) is 0 Å². The highest BCUT2D eigenvalue weighted by molar-refractivity contribution is 9.10. The summed E-state index contributed by atoms with van der Waals surface area (Å²) in [5.74, 6) is 0.453. The third-order valence-electron chi connectivity index (χ3n) is 2.50. The van der Waals surface area contributed by atoms with Crippen molar-refractivity contribution in [2.45, 2.75) is 6.92 Å². The van der Waals surface area contributed by atoms with E-state index in [1.807, 2.05) is 0 Å². The van der Waals surface area contributed by atoms with Crippen LogP contribution in [0.1, 0.15) is 5.56 Å². The molecule has 0 saturated carbocycles. The third-order valence-corrected chi connectivity index (χ3v) is 3.06. The van der Waals surface area contributed by atoms with Crippen LogP contribution in [0.5, 0.6) is 17.2 Å². The van der Waals surface area contributed by atoms with Crippen LogP contribution in [0.25, 0.3) is 0 Å². The molecule has 2 aromatic rings. The lowest BCUT2D eigenvalue weighted by molar-refractivity contribution is -0.386. The zero-order valence-electron chi connectivity index (χ0n) is 9.83. The zero-order valence-corrected chi connectivity index (χ0v) is 11.4. The summed E-state index contributed by atoms with van der Waals surface area (Å²) in [6, 6.07) is 4.72. The second kappa shape index (κ2) is 5.23. The molecule has 0 fully saturated rings. The number of rotatable bonds is 3. The molecule has 6 nitrogen and oxygen atoms in total. The van der Waals surface area contributed by atoms with Crippen LogP contribution < -0.4 is 4.74 Å². The average Bonchev–Trinajstić information content (AvgIpc) is 2.36. The van der Waals surface area contributed by atoms with E-state index in [2.05, 4.69) is 20.9 Å². The van der Waals surface area contributed by atoms with Crippen LogP contribution in [0.3, 0.4) is 0 Å². The van der Waals surface area contributed by atoms with E-state index in [1.165, 1.54) is 12.3 Å². The Morgan fingerprint density at radius 2 is 2.16 bits per heavy atom. The Bertz CT molecular complexity index is 646. The molecule has 0 spiro atoms. The van der Waals surface area contributed by atoms with E-state index in [0.717, 1.165) is 6.20 Å². The summed E-state index contributed by atoms with van der Waals surface area (Å²) in [4.78, 5) is 14.1. The van der Waals surface area contributed by atoms with Gasteiger partial charge in [-0.15, -0.1) is 0 Å². The molecule has 0 atom stereocenters. The summed E-state index contributed by atoms with van der Waals surface area (Å²) >= 11 is 3.16. The van der Waals surface area contributed by atoms with Crippen molar-refractivity contribution in [1.82, 2.24) is 4.98 Å². The first-order valence-corrected chi connectivity index (χ1v) is 6.04. The van der Waals surface area contributed by atoms with Crippen LogP contribution in [0.4, 0.5) is 5.69 Å². The molecule has 0 amide bonds. The van der Waals surface area contributed by atoms with Gasteiger partial charge in [0.15, 0.2) is 0 Å². The topological polar surface area (TPSA) is 85.5 Å². The summed E-state index contributed by atoms with van der Waals surface area (Å²) in [6.07, 6.45) is 2.51. The van der Waals surface area contributed by atoms with E-state index < -0.39 is 4.92 Å². The number of ether oxygens (including phenoxy) is 1. The van der Waals surface area contributed by atoms with Crippen molar-refractivity contribution in [3.8, 4) is 17.2 Å². The maximum Gasteiger partial charge on any atom is 0.330 e. The first-order valence-electron chi connectivity index (χ1n) is 5.25. The van der Waals surface area contributed by atoms with Crippen LogP contribution in [0.15, 0.2) is 35.1 Å². The Morgan fingerprint density at radius 3 is 2.84 bits per heavy atom. The fourth-order valence-electron chi connectivity index (χ4n) is 1.47. The second-order valence-electron chi connectivity index (χ2n) is 3.73. The van der Waals surface area contributed by atoms with Crippen molar-refractivity contribution in [3.05, 3.63) is 50.7 Å². The SMILES string of the molecule is Cc1c(O)cccc1Oc1c(Br)cncc1[N+](=O)[O-]. The monoisotopic (exact) mass is 324 g/mol. The highest BCUT2D eigenvalue weighted by atomic mass is 79.9. The number of phenols is 1. The maximum atomic E-state index is 10.9. The molecule has 0 radical (unpaired) electrons. The molecule has 0 aliphatic heterocycles. The Balaban J connectivity index is 2.49. The highest BCUT2D eigenvalue weighted by Crippen LogP contribution is 2.39. The minimum absolute atomic E-state index is 0.0497. The molecule has 0 bridgehead atoms. The number of phenolic OH excluding ortho intramolecular Hbond substituents is 1. The van der Waals surface area contributed by atoms with E-state index in [9.17, 15) is 15.2 Å². The van der Waals surface area contributed by atoms with Gasteiger partial charge in [-0.2, -0.15) is 0 Å². The van der Waals surface area contributed by atoms with Crippen molar-refractivity contribution in [3.63, 3.8) is 0 Å². The molecule has 19 heavy (non-hydrogen) atoms. The molecule has 2 rings (SSSR count). The van der Waals surface area contributed by atoms with Crippen molar-refractivity contribution < 1.29 is 14.8 Å². The number of nitro groups is 1. The van der Waals surface area contributed by atoms with Crippen molar-refractivity contribution >= 4 is 21.6 Å². The standard InChI is InChI=1S/C12H9BrN2O4/c1-7-10(16)3-2-4-11(7)19-12-8(13)5-14-6-9(12)15(17)18/h2-6,16H,1H3. The molecule has 1 aromatic heterocycles. The number of halogens is 1. The molecule has 0 unspecified atom stereocenters. The molecular weight excluding hydrogens is 316 g/mol. The van der Waals surface area contributed by atoms with Gasteiger partial charge in [0.05, 0.1) is 9.40 Å². The molecule has 1 heterocycles. The smallest absolute Gasteiger partial charge is 0.330 e. The summed E-state index contributed by atoms with van der Waals surface area (Å²) in [5.41, 5.74) is 0.248. The minimum Gasteiger partial charge on any atom is -0.508 e. The quantitative estimate of drug-likeness (QED) is 0.689. The largest absolute Gasteiger partial charge is 0.508 e. The van der Waals surface area contributed by atoms with Gasteiger partial charge in [0.1, 0.15) is 17.7 Å². The number of aromatic nitrogens is 1. The lowest BCUT2D eigenvalue weighted by atomic mass is 10.2. The average molecular weight is 325 g/mol. The Kier molecular flexibility index (Phi) is 3.66. The van der Waals surface area contributed by atoms with Crippen LogP contribution in [0.2, 0.25) is 0 Å². The Hall–Kier alpha value is -2.15. The van der Waals surface area contributed by atoms with Crippen LogP contribution in [-0.4, -0.2) is 15.0 Å². The number of benzene rings is 1. The minimum atomic E-state index is -0.578. The first kappa shape index (κ1) is 13.3. The van der Waals surface area contributed by atoms with Gasteiger partial charge in [0, 0.05) is 11.8 Å². The van der Waals surface area contributed by atoms with E-state index >= 15 is 0 Å². The highest BCUT2D eigenvalue weighted by Gasteiger charge is 2.20. The van der Waals surface area contributed by atoms with E-state index in [1.54, 1.807) is 19.1 Å². The van der Waals surface area contributed by atoms with Gasteiger partial charge in [-0.3, -0.25) is 15.1 Å². The summed E-state index contributed by atoms with van der Waals surface area (Å²) < 4.78 is 5.89. The summed E-state index contributed by atoms with van der Waals surface area (Å²) in [7, 11) is 0. The zero-order chi connectivity index (χ0) is 14.0. The lowest BCUT2D eigenvalue weighted by Crippen LogP contribution is -1.96. The number of pyridine rings is 1. The lowest BCUT2D eigenvalue weighted by Gasteiger charge is -2.10. The normalized spacial score (nSPS) is 10.2. The summed E-state index contributed by atoms with van der Waals surface area (Å²) in [6.45, 7) is 1.66. The number of nitrogens with zero attached hydrogens (tertiary/aromatic N) is 2. The Labute approximate surface area is 117 Å². The molecule has 0 saturated heterocycles. The molecule has 1 N–H and O–H groups in total. The molecular formula is C12H9BrN2O4. The number of hydrogen-bond acceptors (Lipinski definition) is 5. The van der Waals surface area contributed by atoms with Crippen LogP contribution >= 0.6 is 15.9 Å². The van der Waals surface area contributed by atoms with Gasteiger partial charge in [0.25, 0.3) is 0 Å². The van der Waals surface area contributed by atoms with E-state index in [4.69, 9.17) is 4.74 Å². The number of aromatic hydroxyl groups is 1. The van der Waals surface area contributed by atoms with Crippen LogP contribution in [-0.2, 0) is 0 Å². The second-order valence-corrected chi connectivity index (χ2v) is 4.58. The predicted molar refractivity (Wildman–Crippen MR) is 71.5 cm³/mol.